The van der Waals surface area contributed by atoms with Crippen LogP contribution in [0.4, 0.5) is 0 Å². The summed E-state index contributed by atoms with van der Waals surface area (Å²) in [5.41, 5.74) is -0.591. The van der Waals surface area contributed by atoms with Crippen molar-refractivity contribution in [2.45, 2.75) is 19.8 Å². The first kappa shape index (κ1) is 10.1. The molecule has 0 fully saturated rings. The lowest BCUT2D eigenvalue weighted by Gasteiger charge is -2.38. The minimum Gasteiger partial charge on any atom is -0.493 e. The second-order valence-corrected chi connectivity index (χ2v) is 4.33. The van der Waals surface area contributed by atoms with E-state index in [-0.39, 0.29) is 23.2 Å². The summed E-state index contributed by atoms with van der Waals surface area (Å²) in [7, 11) is 1.43. The average Bonchev–Trinajstić information content (AvgIpc) is 2.24. The van der Waals surface area contributed by atoms with Crippen molar-refractivity contribution in [1.82, 2.24) is 0 Å². The molecule has 0 spiro atoms. The van der Waals surface area contributed by atoms with Gasteiger partial charge in [0.15, 0.2) is 11.5 Å². The maximum atomic E-state index is 12.1. The molecule has 80 valence electrons. The molecule has 15 heavy (non-hydrogen) atoms. The number of hydrogen-bond donors (Lipinski definition) is 0. The van der Waals surface area contributed by atoms with Crippen LogP contribution in [0.15, 0.2) is 24.0 Å². The van der Waals surface area contributed by atoms with Crippen molar-refractivity contribution in [2.24, 2.45) is 11.3 Å². The molecule has 2 atom stereocenters. The Bertz CT molecular complexity index is 378. The molecule has 0 heterocycles. The Morgan fingerprint density at radius 2 is 2.13 bits per heavy atom. The van der Waals surface area contributed by atoms with Crippen molar-refractivity contribution >= 4 is 11.6 Å². The molecule has 0 radical (unpaired) electrons. The lowest BCUT2D eigenvalue weighted by Crippen LogP contribution is -2.45. The van der Waals surface area contributed by atoms with E-state index in [4.69, 9.17) is 4.74 Å². The zero-order valence-electron chi connectivity index (χ0n) is 8.95. The monoisotopic (exact) mass is 206 g/mol. The average molecular weight is 206 g/mol. The lowest BCUT2D eigenvalue weighted by molar-refractivity contribution is -0.139. The van der Waals surface area contributed by atoms with Gasteiger partial charge in [-0.2, -0.15) is 0 Å². The van der Waals surface area contributed by atoms with E-state index in [1.807, 2.05) is 19.1 Å². The van der Waals surface area contributed by atoms with E-state index in [0.29, 0.717) is 12.8 Å². The summed E-state index contributed by atoms with van der Waals surface area (Å²) >= 11 is 0. The van der Waals surface area contributed by atoms with Crippen LogP contribution in [-0.2, 0) is 14.3 Å². The Balaban J connectivity index is 2.46. The van der Waals surface area contributed by atoms with E-state index in [9.17, 15) is 9.59 Å². The molecule has 3 heteroatoms. The molecule has 0 saturated heterocycles. The normalized spacial score (nSPS) is 34.8. The van der Waals surface area contributed by atoms with Crippen LogP contribution in [0.5, 0.6) is 0 Å². The quantitative estimate of drug-likeness (QED) is 0.612. The van der Waals surface area contributed by atoms with Gasteiger partial charge in [0.05, 0.1) is 7.11 Å². The van der Waals surface area contributed by atoms with Crippen molar-refractivity contribution in [3.63, 3.8) is 0 Å². The summed E-state index contributed by atoms with van der Waals surface area (Å²) in [6.07, 6.45) is 6.58. The Labute approximate surface area is 88.8 Å². The summed E-state index contributed by atoms with van der Waals surface area (Å²) in [6, 6.07) is 0. The number of carbonyl (C=O) groups excluding carboxylic acids is 2. The van der Waals surface area contributed by atoms with Gasteiger partial charge in [-0.3, -0.25) is 9.59 Å². The molecule has 2 rings (SSSR count). The van der Waals surface area contributed by atoms with Crippen LogP contribution in [0, 0.1) is 11.3 Å². The van der Waals surface area contributed by atoms with Gasteiger partial charge in [0.1, 0.15) is 0 Å². The molecule has 3 nitrogen and oxygen atoms in total. The van der Waals surface area contributed by atoms with E-state index in [0.717, 1.165) is 0 Å². The van der Waals surface area contributed by atoms with Gasteiger partial charge >= 0.3 is 0 Å². The van der Waals surface area contributed by atoms with E-state index in [1.54, 1.807) is 0 Å². The molecule has 0 aliphatic heterocycles. The number of carbonyl (C=O) groups is 2. The van der Waals surface area contributed by atoms with Gasteiger partial charge in [-0.1, -0.05) is 19.1 Å². The molecule has 0 amide bonds. The molecule has 0 aromatic rings. The van der Waals surface area contributed by atoms with Crippen molar-refractivity contribution < 1.29 is 14.3 Å². The highest BCUT2D eigenvalue weighted by molar-refractivity contribution is 6.11. The molecule has 0 saturated carbocycles. The van der Waals surface area contributed by atoms with E-state index < -0.39 is 5.41 Å². The van der Waals surface area contributed by atoms with Crippen LogP contribution in [0.1, 0.15) is 19.8 Å². The number of methoxy groups -OCH3 is 1. The first-order valence-electron chi connectivity index (χ1n) is 5.09. The lowest BCUT2D eigenvalue weighted by atomic mass is 9.63. The Morgan fingerprint density at radius 3 is 2.80 bits per heavy atom. The number of Topliss-reactive ketones (excluding diaryl/α,β-unsaturated/α-hetero) is 1. The Hall–Kier alpha value is -1.38. The van der Waals surface area contributed by atoms with Crippen molar-refractivity contribution in [3.8, 4) is 0 Å². The maximum absolute atomic E-state index is 12.1. The molecule has 2 aliphatic carbocycles. The van der Waals surface area contributed by atoms with Gasteiger partial charge in [-0.05, 0) is 12.8 Å². The molecule has 0 bridgehead atoms. The van der Waals surface area contributed by atoms with Crippen LogP contribution < -0.4 is 0 Å². The topological polar surface area (TPSA) is 43.4 Å². The van der Waals surface area contributed by atoms with Gasteiger partial charge in [0.2, 0.25) is 5.78 Å². The SMILES string of the molecule is COC1=CC(=O)C2CC=CCC2(C)C1=O. The molecular formula is C12H14O3. The third kappa shape index (κ3) is 1.34. The zero-order valence-corrected chi connectivity index (χ0v) is 8.95. The van der Waals surface area contributed by atoms with E-state index in [1.165, 1.54) is 13.2 Å². The fraction of sp³-hybridized carbons (Fsp3) is 0.500. The standard InChI is InChI=1S/C12H14O3/c1-12-6-4-3-5-8(12)9(13)7-10(15-2)11(12)14/h3-4,7-8H,5-6H2,1-2H3. The molecule has 0 aromatic heterocycles. The van der Waals surface area contributed by atoms with Crippen LogP contribution in [0.2, 0.25) is 0 Å². The summed E-state index contributed by atoms with van der Waals surface area (Å²) in [6.45, 7) is 1.85. The predicted octanol–water partition coefficient (Wildman–Crippen LogP) is 1.64. The van der Waals surface area contributed by atoms with Gasteiger partial charge in [-0.15, -0.1) is 0 Å². The van der Waals surface area contributed by atoms with Crippen LogP contribution in [0.25, 0.3) is 0 Å². The summed E-state index contributed by atoms with van der Waals surface area (Å²) in [5.74, 6) is -0.0276. The number of ketones is 2. The van der Waals surface area contributed by atoms with Crippen LogP contribution in [0.3, 0.4) is 0 Å². The van der Waals surface area contributed by atoms with Crippen LogP contribution in [-0.4, -0.2) is 18.7 Å². The summed E-state index contributed by atoms with van der Waals surface area (Å²) < 4.78 is 4.95. The fourth-order valence-corrected chi connectivity index (χ4v) is 2.37. The highest BCUT2D eigenvalue weighted by atomic mass is 16.5. The second-order valence-electron chi connectivity index (χ2n) is 4.33. The first-order valence-corrected chi connectivity index (χ1v) is 5.09. The second kappa shape index (κ2) is 3.33. The minimum absolute atomic E-state index is 0.0123. The van der Waals surface area contributed by atoms with Crippen molar-refractivity contribution in [2.75, 3.05) is 7.11 Å². The number of allylic oxidation sites excluding steroid dienone is 4. The number of hydrogen-bond acceptors (Lipinski definition) is 3. The molecular weight excluding hydrogens is 192 g/mol. The summed E-state index contributed by atoms with van der Waals surface area (Å²) in [4.78, 5) is 23.9. The van der Waals surface area contributed by atoms with Crippen molar-refractivity contribution in [1.29, 1.82) is 0 Å². The number of ether oxygens (including phenoxy) is 1. The van der Waals surface area contributed by atoms with Gasteiger partial charge in [0, 0.05) is 17.4 Å². The van der Waals surface area contributed by atoms with Gasteiger partial charge in [-0.25, -0.2) is 0 Å². The minimum atomic E-state index is -0.591. The molecule has 2 aliphatic rings. The van der Waals surface area contributed by atoms with E-state index >= 15 is 0 Å². The van der Waals surface area contributed by atoms with Crippen molar-refractivity contribution in [3.05, 3.63) is 24.0 Å². The third-order valence-electron chi connectivity index (χ3n) is 3.43. The molecule has 0 N–H and O–H groups in total. The zero-order chi connectivity index (χ0) is 11.1. The predicted molar refractivity (Wildman–Crippen MR) is 55.1 cm³/mol. The molecule has 2 unspecified atom stereocenters. The Morgan fingerprint density at radius 1 is 1.40 bits per heavy atom. The van der Waals surface area contributed by atoms with Gasteiger partial charge in [0.25, 0.3) is 0 Å². The largest absolute Gasteiger partial charge is 0.493 e. The first-order chi connectivity index (χ1) is 7.09. The van der Waals surface area contributed by atoms with Gasteiger partial charge < -0.3 is 4.74 Å². The maximum Gasteiger partial charge on any atom is 0.204 e. The van der Waals surface area contributed by atoms with E-state index in [2.05, 4.69) is 0 Å². The number of rotatable bonds is 1. The highest BCUT2D eigenvalue weighted by Gasteiger charge is 2.49. The third-order valence-corrected chi connectivity index (χ3v) is 3.43. The fourth-order valence-electron chi connectivity index (χ4n) is 2.37. The molecule has 0 aromatic carbocycles. The van der Waals surface area contributed by atoms with Crippen LogP contribution >= 0.6 is 0 Å². The Kier molecular flexibility index (Phi) is 2.25. The highest BCUT2D eigenvalue weighted by Crippen LogP contribution is 2.43. The summed E-state index contributed by atoms with van der Waals surface area (Å²) in [5, 5.41) is 0. The smallest absolute Gasteiger partial charge is 0.204 e. The number of fused-ring (bicyclic) bond motifs is 1.